The van der Waals surface area contributed by atoms with Gasteiger partial charge >= 0.3 is 0 Å². The Balaban J connectivity index is 0.00000338. The molecule has 0 radical (unpaired) electrons. The van der Waals surface area contributed by atoms with Crippen LogP contribution < -0.4 is 15.4 Å². The van der Waals surface area contributed by atoms with Crippen molar-refractivity contribution in [2.75, 3.05) is 20.2 Å². The third-order valence-corrected chi connectivity index (χ3v) is 4.20. The van der Waals surface area contributed by atoms with Gasteiger partial charge in [0.15, 0.2) is 17.5 Å². The van der Waals surface area contributed by atoms with Crippen molar-refractivity contribution in [1.82, 2.24) is 15.6 Å². The Morgan fingerprint density at radius 3 is 2.69 bits per heavy atom. The van der Waals surface area contributed by atoms with Gasteiger partial charge in [0.2, 0.25) is 0 Å². The van der Waals surface area contributed by atoms with Crippen molar-refractivity contribution in [3.63, 3.8) is 0 Å². The van der Waals surface area contributed by atoms with E-state index in [2.05, 4.69) is 39.8 Å². The predicted molar refractivity (Wildman–Crippen MR) is 112 cm³/mol. The van der Waals surface area contributed by atoms with Crippen LogP contribution in [0.15, 0.2) is 28.6 Å². The minimum Gasteiger partial charge on any atom is -0.489 e. The van der Waals surface area contributed by atoms with E-state index in [1.165, 1.54) is 6.07 Å². The smallest absolute Gasteiger partial charge is 0.191 e. The van der Waals surface area contributed by atoms with Gasteiger partial charge in [-0.05, 0) is 18.1 Å². The molecule has 0 bridgehead atoms. The first-order valence-electron chi connectivity index (χ1n) is 7.96. The number of aromatic nitrogens is 1. The molecule has 0 amide bonds. The van der Waals surface area contributed by atoms with Crippen molar-refractivity contribution in [3.8, 4) is 5.75 Å². The van der Waals surface area contributed by atoms with Gasteiger partial charge in [-0.25, -0.2) is 13.8 Å². The molecule has 2 rings (SSSR count). The SMILES string of the molecule is CN=C(NCCOc1ccc(F)cc1F)NCc1nc(C(C)C)cs1.I. The van der Waals surface area contributed by atoms with Crippen molar-refractivity contribution in [2.45, 2.75) is 26.3 Å². The maximum Gasteiger partial charge on any atom is 0.191 e. The second kappa shape index (κ2) is 11.3. The van der Waals surface area contributed by atoms with Crippen LogP contribution in [0.2, 0.25) is 0 Å². The van der Waals surface area contributed by atoms with E-state index in [0.717, 1.165) is 22.8 Å². The summed E-state index contributed by atoms with van der Waals surface area (Å²) in [6.07, 6.45) is 0. The lowest BCUT2D eigenvalue weighted by atomic mass is 10.2. The molecule has 0 aliphatic rings. The molecule has 9 heteroatoms. The third kappa shape index (κ3) is 7.02. The van der Waals surface area contributed by atoms with Crippen LogP contribution in [0.3, 0.4) is 0 Å². The molecule has 0 atom stereocenters. The number of rotatable bonds is 7. The number of guanidine groups is 1. The number of ether oxygens (including phenoxy) is 1. The molecule has 0 unspecified atom stereocenters. The highest BCUT2D eigenvalue weighted by atomic mass is 127. The highest BCUT2D eigenvalue weighted by Crippen LogP contribution is 2.18. The zero-order valence-electron chi connectivity index (χ0n) is 14.9. The molecule has 1 aromatic carbocycles. The van der Waals surface area contributed by atoms with Crippen LogP contribution in [-0.4, -0.2) is 31.1 Å². The largest absolute Gasteiger partial charge is 0.489 e. The summed E-state index contributed by atoms with van der Waals surface area (Å²) in [4.78, 5) is 8.66. The molecule has 144 valence electrons. The fourth-order valence-corrected chi connectivity index (χ4v) is 2.87. The normalized spacial score (nSPS) is 11.2. The molecule has 5 nitrogen and oxygen atoms in total. The number of aliphatic imine (C=N–C) groups is 1. The maximum absolute atomic E-state index is 13.4. The van der Waals surface area contributed by atoms with Crippen LogP contribution in [0.4, 0.5) is 8.78 Å². The zero-order chi connectivity index (χ0) is 18.2. The van der Waals surface area contributed by atoms with E-state index >= 15 is 0 Å². The first-order valence-corrected chi connectivity index (χ1v) is 8.84. The van der Waals surface area contributed by atoms with Gasteiger partial charge in [0.25, 0.3) is 0 Å². The molecular weight excluding hydrogens is 473 g/mol. The number of nitrogens with zero attached hydrogens (tertiary/aromatic N) is 2. The Kier molecular flexibility index (Phi) is 9.78. The number of benzene rings is 1. The molecule has 0 spiro atoms. The quantitative estimate of drug-likeness (QED) is 0.264. The van der Waals surface area contributed by atoms with Crippen LogP contribution in [0, 0.1) is 11.6 Å². The van der Waals surface area contributed by atoms with Crippen LogP contribution in [0.1, 0.15) is 30.5 Å². The lowest BCUT2D eigenvalue weighted by Crippen LogP contribution is -2.38. The minimum atomic E-state index is -0.716. The average Bonchev–Trinajstić information content (AvgIpc) is 3.05. The summed E-state index contributed by atoms with van der Waals surface area (Å²) in [5, 5.41) is 9.27. The number of hydrogen-bond acceptors (Lipinski definition) is 4. The van der Waals surface area contributed by atoms with E-state index in [0.29, 0.717) is 25.0 Å². The van der Waals surface area contributed by atoms with E-state index in [-0.39, 0.29) is 36.3 Å². The summed E-state index contributed by atoms with van der Waals surface area (Å²) in [7, 11) is 1.66. The molecular formula is C17H23F2IN4OS. The zero-order valence-corrected chi connectivity index (χ0v) is 18.0. The maximum atomic E-state index is 13.4. The molecule has 2 N–H and O–H groups in total. The van der Waals surface area contributed by atoms with Gasteiger partial charge in [-0.2, -0.15) is 0 Å². The van der Waals surface area contributed by atoms with Gasteiger partial charge in [0.05, 0.1) is 18.8 Å². The lowest BCUT2D eigenvalue weighted by Gasteiger charge is -2.12. The molecule has 0 saturated carbocycles. The van der Waals surface area contributed by atoms with E-state index < -0.39 is 11.6 Å². The fourth-order valence-electron chi connectivity index (χ4n) is 1.97. The fraction of sp³-hybridized carbons (Fsp3) is 0.412. The van der Waals surface area contributed by atoms with Crippen LogP contribution >= 0.6 is 35.3 Å². The van der Waals surface area contributed by atoms with Gasteiger partial charge in [-0.3, -0.25) is 4.99 Å². The molecule has 1 heterocycles. The van der Waals surface area contributed by atoms with Gasteiger partial charge in [-0.15, -0.1) is 35.3 Å². The summed E-state index contributed by atoms with van der Waals surface area (Å²) in [5.41, 5.74) is 1.08. The lowest BCUT2D eigenvalue weighted by molar-refractivity contribution is 0.304. The van der Waals surface area contributed by atoms with Gasteiger partial charge in [-0.1, -0.05) is 13.8 Å². The van der Waals surface area contributed by atoms with E-state index in [9.17, 15) is 8.78 Å². The molecule has 26 heavy (non-hydrogen) atoms. The predicted octanol–water partition coefficient (Wildman–Crippen LogP) is 3.91. The van der Waals surface area contributed by atoms with E-state index in [1.807, 2.05) is 0 Å². The standard InChI is InChI=1S/C17H22F2N4OS.HI/c1-11(2)14-10-25-16(23-14)9-22-17(20-3)21-6-7-24-15-5-4-12(18)8-13(15)19;/h4-5,8,10-11H,6-7,9H2,1-3H3,(H2,20,21,22);1H. The van der Waals surface area contributed by atoms with Gasteiger partial charge < -0.3 is 15.4 Å². The van der Waals surface area contributed by atoms with Crippen LogP contribution in [-0.2, 0) is 6.54 Å². The highest BCUT2D eigenvalue weighted by molar-refractivity contribution is 14.0. The minimum absolute atomic E-state index is 0. The first kappa shape index (κ1) is 22.6. The Hall–Kier alpha value is -1.49. The van der Waals surface area contributed by atoms with Crippen molar-refractivity contribution >= 4 is 41.3 Å². The van der Waals surface area contributed by atoms with Gasteiger partial charge in [0, 0.05) is 18.5 Å². The Morgan fingerprint density at radius 2 is 2.08 bits per heavy atom. The van der Waals surface area contributed by atoms with E-state index in [1.54, 1.807) is 18.4 Å². The number of nitrogens with one attached hydrogen (secondary N) is 2. The molecule has 0 saturated heterocycles. The van der Waals surface area contributed by atoms with Crippen molar-refractivity contribution < 1.29 is 13.5 Å². The topological polar surface area (TPSA) is 58.5 Å². The first-order chi connectivity index (χ1) is 12.0. The summed E-state index contributed by atoms with van der Waals surface area (Å²) >= 11 is 1.61. The molecule has 0 aliphatic heterocycles. The summed E-state index contributed by atoms with van der Waals surface area (Å²) in [6, 6.07) is 3.22. The Morgan fingerprint density at radius 1 is 1.31 bits per heavy atom. The average molecular weight is 496 g/mol. The Labute approximate surface area is 173 Å². The van der Waals surface area contributed by atoms with Crippen molar-refractivity contribution in [2.24, 2.45) is 4.99 Å². The molecule has 1 aromatic heterocycles. The summed E-state index contributed by atoms with van der Waals surface area (Å²) in [6.45, 7) is 5.43. The van der Waals surface area contributed by atoms with Gasteiger partial charge in [0.1, 0.15) is 17.4 Å². The summed E-state index contributed by atoms with van der Waals surface area (Å²) in [5.74, 6) is -0.311. The second-order valence-electron chi connectivity index (χ2n) is 5.60. The molecule has 0 aliphatic carbocycles. The summed E-state index contributed by atoms with van der Waals surface area (Å²) < 4.78 is 31.5. The van der Waals surface area contributed by atoms with Crippen LogP contribution in [0.5, 0.6) is 5.75 Å². The number of thiazole rings is 1. The Bertz CT molecular complexity index is 725. The second-order valence-corrected chi connectivity index (χ2v) is 6.54. The highest BCUT2D eigenvalue weighted by Gasteiger charge is 2.07. The molecule has 2 aromatic rings. The monoisotopic (exact) mass is 496 g/mol. The number of halogens is 3. The van der Waals surface area contributed by atoms with Crippen LogP contribution in [0.25, 0.3) is 0 Å². The number of hydrogen-bond donors (Lipinski definition) is 2. The van der Waals surface area contributed by atoms with Crippen molar-refractivity contribution in [3.05, 3.63) is 45.9 Å². The van der Waals surface area contributed by atoms with Crippen molar-refractivity contribution in [1.29, 1.82) is 0 Å². The molecule has 0 fully saturated rings. The van der Waals surface area contributed by atoms with E-state index in [4.69, 9.17) is 4.74 Å². The third-order valence-electron chi connectivity index (χ3n) is 3.34.